The lowest BCUT2D eigenvalue weighted by molar-refractivity contribution is -0.804. The summed E-state index contributed by atoms with van der Waals surface area (Å²) in [5.41, 5.74) is -3.24. The van der Waals surface area contributed by atoms with Crippen LogP contribution in [0.4, 0.5) is 0 Å². The van der Waals surface area contributed by atoms with Gasteiger partial charge < -0.3 is 19.4 Å². The van der Waals surface area contributed by atoms with Gasteiger partial charge in [0.2, 0.25) is 5.69 Å². The number of ether oxygens (including phenoxy) is 3. The fraction of sp³-hybridized carbons (Fsp3) is 0.400. The molecule has 0 saturated heterocycles. The highest BCUT2D eigenvalue weighted by Crippen LogP contribution is 2.64. The third kappa shape index (κ3) is 2.41. The van der Waals surface area contributed by atoms with E-state index in [2.05, 4.69) is 5.16 Å². The molecule has 1 aromatic heterocycles. The van der Waals surface area contributed by atoms with E-state index in [0.29, 0.717) is 12.2 Å². The molecule has 0 aliphatic heterocycles. The maximum Gasteiger partial charge on any atom is 0.312 e. The van der Waals surface area contributed by atoms with Crippen LogP contribution in [0.2, 0.25) is 0 Å². The minimum atomic E-state index is -1.99. The molecule has 1 aromatic carbocycles. The van der Waals surface area contributed by atoms with Gasteiger partial charge in [-0.2, -0.15) is 0 Å². The molecular formula is C20H18N4O9. The molecule has 3 aliphatic carbocycles. The van der Waals surface area contributed by atoms with Crippen LogP contribution in [-0.4, -0.2) is 36.3 Å². The summed E-state index contributed by atoms with van der Waals surface area (Å²) in [6, 6.07) is 2.95. The second-order valence-electron chi connectivity index (χ2n) is 8.00. The van der Waals surface area contributed by atoms with Crippen LogP contribution < -0.4 is 19.1 Å². The summed E-state index contributed by atoms with van der Waals surface area (Å²) < 4.78 is 21.0. The molecule has 5 rings (SSSR count). The van der Waals surface area contributed by atoms with Crippen molar-refractivity contribution in [2.45, 2.75) is 12.0 Å². The van der Waals surface area contributed by atoms with Gasteiger partial charge in [-0.25, -0.2) is 0 Å². The standard InChI is InChI=1S/C20H18N4O9/c1-30-11-7-12(31-2)14(13(8-11)32-3)15-17(22(25)26)16-9-4-5-10(6-9)20(16,24(28)29)19-18(15)23(27)33-21-19/h4-5,7-10,16H,6H2,1-3H3/t9-,10+,16-,20+/m1/s1. The van der Waals surface area contributed by atoms with Crippen molar-refractivity contribution in [1.29, 1.82) is 0 Å². The fourth-order valence-corrected chi connectivity index (χ4v) is 5.63. The van der Waals surface area contributed by atoms with Crippen molar-refractivity contribution in [2.24, 2.45) is 17.8 Å². The van der Waals surface area contributed by atoms with E-state index in [-0.39, 0.29) is 33.2 Å². The first kappa shape index (κ1) is 20.7. The van der Waals surface area contributed by atoms with Crippen molar-refractivity contribution in [3.63, 3.8) is 0 Å². The molecule has 0 N–H and O–H groups in total. The van der Waals surface area contributed by atoms with Gasteiger partial charge in [0.15, 0.2) is 0 Å². The van der Waals surface area contributed by atoms with Gasteiger partial charge in [-0.3, -0.25) is 24.9 Å². The van der Waals surface area contributed by atoms with Crippen molar-refractivity contribution in [3.05, 3.63) is 72.4 Å². The molecule has 2 bridgehead atoms. The van der Waals surface area contributed by atoms with Crippen molar-refractivity contribution in [1.82, 2.24) is 5.16 Å². The van der Waals surface area contributed by atoms with Gasteiger partial charge in [0.1, 0.15) is 28.7 Å². The van der Waals surface area contributed by atoms with E-state index < -0.39 is 44.5 Å². The summed E-state index contributed by atoms with van der Waals surface area (Å²) >= 11 is 0. The molecule has 2 aromatic rings. The van der Waals surface area contributed by atoms with Gasteiger partial charge in [0, 0.05) is 22.2 Å². The molecule has 4 atom stereocenters. The van der Waals surface area contributed by atoms with Crippen LogP contribution in [0, 0.1) is 43.2 Å². The van der Waals surface area contributed by atoms with E-state index >= 15 is 0 Å². The Bertz CT molecular complexity index is 1240. The second kappa shape index (κ2) is 6.92. The maximum atomic E-state index is 12.8. The zero-order chi connectivity index (χ0) is 23.7. The molecule has 3 aliphatic rings. The Hall–Kier alpha value is -4.16. The number of methoxy groups -OCH3 is 3. The number of aromatic nitrogens is 2. The van der Waals surface area contributed by atoms with Crippen LogP contribution >= 0.6 is 0 Å². The Balaban J connectivity index is 1.95. The van der Waals surface area contributed by atoms with Gasteiger partial charge in [0.25, 0.3) is 5.70 Å². The Labute approximate surface area is 185 Å². The zero-order valence-corrected chi connectivity index (χ0v) is 17.7. The van der Waals surface area contributed by atoms with Crippen LogP contribution in [0.1, 0.15) is 23.4 Å². The van der Waals surface area contributed by atoms with E-state index in [1.165, 1.54) is 33.5 Å². The lowest BCUT2D eigenvalue weighted by atomic mass is 9.66. The van der Waals surface area contributed by atoms with Crippen LogP contribution in [0.3, 0.4) is 0 Å². The Kier molecular flexibility index (Phi) is 4.35. The van der Waals surface area contributed by atoms with Crippen LogP contribution in [0.15, 0.2) is 34.6 Å². The molecule has 1 heterocycles. The largest absolute Gasteiger partial charge is 0.496 e. The summed E-state index contributed by atoms with van der Waals surface area (Å²) in [6.45, 7) is 0. The van der Waals surface area contributed by atoms with Gasteiger partial charge in [0.05, 0.1) is 37.7 Å². The third-order valence-corrected chi connectivity index (χ3v) is 6.83. The summed E-state index contributed by atoms with van der Waals surface area (Å²) in [5.74, 6) is -1.78. The number of hydrogen-bond donors (Lipinski definition) is 0. The molecule has 1 saturated carbocycles. The molecule has 13 nitrogen and oxygen atoms in total. The normalized spacial score (nSPS) is 26.7. The molecule has 172 valence electrons. The van der Waals surface area contributed by atoms with Gasteiger partial charge in [-0.05, 0) is 17.2 Å². The minimum absolute atomic E-state index is 0.0333. The third-order valence-electron chi connectivity index (χ3n) is 6.83. The maximum absolute atomic E-state index is 12.8. The predicted octanol–water partition coefficient (Wildman–Crippen LogP) is 1.68. The number of allylic oxidation sites excluding steroid dienone is 1. The molecule has 33 heavy (non-hydrogen) atoms. The number of nitro groups is 2. The molecule has 0 spiro atoms. The minimum Gasteiger partial charge on any atom is -0.496 e. The van der Waals surface area contributed by atoms with Gasteiger partial charge in [-0.15, -0.1) is 0 Å². The highest BCUT2D eigenvalue weighted by Gasteiger charge is 2.77. The topological polar surface area (TPSA) is 167 Å². The van der Waals surface area contributed by atoms with E-state index in [9.17, 15) is 25.4 Å². The smallest absolute Gasteiger partial charge is 0.312 e. The first-order chi connectivity index (χ1) is 15.8. The van der Waals surface area contributed by atoms with Crippen molar-refractivity contribution in [2.75, 3.05) is 21.3 Å². The fourth-order valence-electron chi connectivity index (χ4n) is 5.63. The highest BCUT2D eigenvalue weighted by molar-refractivity contribution is 5.88. The number of nitrogens with zero attached hydrogens (tertiary/aromatic N) is 4. The Morgan fingerprint density at radius 1 is 1.12 bits per heavy atom. The first-order valence-corrected chi connectivity index (χ1v) is 9.93. The number of hydrogen-bond acceptors (Lipinski definition) is 10. The number of rotatable bonds is 6. The summed E-state index contributed by atoms with van der Waals surface area (Å²) in [4.78, 5) is 23.8. The predicted molar refractivity (Wildman–Crippen MR) is 107 cm³/mol. The first-order valence-electron chi connectivity index (χ1n) is 9.93. The average molecular weight is 458 g/mol. The van der Waals surface area contributed by atoms with Gasteiger partial charge >= 0.3 is 11.2 Å². The molecule has 0 radical (unpaired) electrons. The van der Waals surface area contributed by atoms with Crippen LogP contribution in [-0.2, 0) is 5.54 Å². The van der Waals surface area contributed by atoms with E-state index in [0.717, 1.165) is 0 Å². The summed E-state index contributed by atoms with van der Waals surface area (Å²) in [6.07, 6.45) is 3.73. The van der Waals surface area contributed by atoms with Crippen molar-refractivity contribution in [3.8, 4) is 17.2 Å². The summed E-state index contributed by atoms with van der Waals surface area (Å²) in [7, 11) is 4.11. The van der Waals surface area contributed by atoms with Gasteiger partial charge in [-0.1, -0.05) is 12.2 Å². The molecule has 0 unspecified atom stereocenters. The Morgan fingerprint density at radius 2 is 1.79 bits per heavy atom. The molecule has 1 fully saturated rings. The lowest BCUT2D eigenvalue weighted by Crippen LogP contribution is -2.52. The highest BCUT2D eigenvalue weighted by atomic mass is 16.8. The van der Waals surface area contributed by atoms with E-state index in [4.69, 9.17) is 18.8 Å². The molecule has 0 amide bonds. The van der Waals surface area contributed by atoms with Crippen LogP contribution in [0.5, 0.6) is 17.2 Å². The number of benzene rings is 1. The second-order valence-corrected chi connectivity index (χ2v) is 8.00. The van der Waals surface area contributed by atoms with Crippen molar-refractivity contribution < 1.29 is 33.6 Å². The quantitative estimate of drug-likeness (QED) is 0.269. The lowest BCUT2D eigenvalue weighted by Gasteiger charge is -2.32. The molecular weight excluding hydrogens is 440 g/mol. The monoisotopic (exact) mass is 458 g/mol. The average Bonchev–Trinajstić information content (AvgIpc) is 3.51. The van der Waals surface area contributed by atoms with E-state index in [1.807, 2.05) is 0 Å². The SMILES string of the molecule is COc1cc(OC)c(C2=C([N+](=O)[O-])[C@H]3[C@@H]4C=C[C@@H](C4)[C@@]3([N+](=O)[O-])c3no[n+]([O-])c32)c(OC)c1. The Morgan fingerprint density at radius 3 is 2.33 bits per heavy atom. The summed E-state index contributed by atoms with van der Waals surface area (Å²) in [5, 5.41) is 41.6. The zero-order valence-electron chi connectivity index (χ0n) is 17.7. The molecule has 13 heteroatoms. The number of fused-ring (bicyclic) bond motifs is 7. The van der Waals surface area contributed by atoms with E-state index in [1.54, 1.807) is 12.2 Å². The van der Waals surface area contributed by atoms with Crippen molar-refractivity contribution >= 4 is 5.57 Å². The van der Waals surface area contributed by atoms with Crippen LogP contribution in [0.25, 0.3) is 5.57 Å².